The molecular formula is C9H10ClNO4. The highest BCUT2D eigenvalue weighted by atomic mass is 35.7. The average molecular weight is 232 g/mol. The van der Waals surface area contributed by atoms with Gasteiger partial charge in [-0.15, -0.1) is 0 Å². The van der Waals surface area contributed by atoms with E-state index in [1.807, 2.05) is 6.21 Å². The normalized spacial score (nSPS) is 13.9. The molecule has 2 rings (SSSR count). The van der Waals surface area contributed by atoms with E-state index in [2.05, 4.69) is 29.3 Å². The fourth-order valence-corrected chi connectivity index (χ4v) is 1.24. The number of hydrogen-bond acceptors (Lipinski definition) is 5. The average Bonchev–Trinajstić information content (AvgIpc) is 2.16. The van der Waals surface area contributed by atoms with Gasteiger partial charge in [0.05, 0.1) is 14.9 Å². The first-order valence-electron chi connectivity index (χ1n) is 4.18. The topological polar surface area (TPSA) is 102 Å². The first-order chi connectivity index (χ1) is 6.97. The van der Waals surface area contributed by atoms with Crippen molar-refractivity contribution in [1.82, 2.24) is 0 Å². The zero-order valence-electron chi connectivity index (χ0n) is 7.80. The van der Waals surface area contributed by atoms with Crippen LogP contribution < -0.4 is 14.0 Å². The number of fused-ring (bicyclic) bond motifs is 1. The third kappa shape index (κ3) is 5.46. The van der Waals surface area contributed by atoms with Crippen LogP contribution in [0, 0.1) is 10.2 Å². The second-order valence-corrected chi connectivity index (χ2v) is 3.67. The number of rotatable bonds is 0. The summed E-state index contributed by atoms with van der Waals surface area (Å²) in [5.41, 5.74) is 2.71. The first-order valence-corrected chi connectivity index (χ1v) is 5.44. The lowest BCUT2D eigenvalue weighted by molar-refractivity contribution is -1.92. The molecule has 5 nitrogen and oxygen atoms in total. The molecule has 1 N–H and O–H groups in total. The van der Waals surface area contributed by atoms with E-state index in [0.717, 1.165) is 13.0 Å². The van der Waals surface area contributed by atoms with Gasteiger partial charge in [-0.05, 0) is 17.5 Å². The van der Waals surface area contributed by atoms with Gasteiger partial charge in [0.1, 0.15) is 0 Å². The summed E-state index contributed by atoms with van der Waals surface area (Å²) in [6.45, 7) is 0.955. The molecule has 0 saturated carbocycles. The van der Waals surface area contributed by atoms with Crippen LogP contribution in [0.4, 0.5) is 0 Å². The maximum absolute atomic E-state index is 8.60. The van der Waals surface area contributed by atoms with Gasteiger partial charge in [0, 0.05) is 12.8 Å². The molecule has 1 aromatic rings. The Kier molecular flexibility index (Phi) is 4.19. The van der Waals surface area contributed by atoms with Crippen LogP contribution in [0.1, 0.15) is 11.1 Å². The highest BCUT2D eigenvalue weighted by Gasteiger charge is 2.01. The van der Waals surface area contributed by atoms with Crippen LogP contribution in [-0.4, -0.2) is 17.4 Å². The Morgan fingerprint density at radius 2 is 1.80 bits per heavy atom. The molecule has 6 heteroatoms. The van der Waals surface area contributed by atoms with Gasteiger partial charge < -0.3 is 0 Å². The number of hydrogen-bond donors (Lipinski definition) is 1. The molecule has 0 spiro atoms. The largest absolute Gasteiger partial charge is 0.292 e. The minimum Gasteiger partial charge on any atom is -0.292 e. The molecule has 15 heavy (non-hydrogen) atoms. The lowest BCUT2D eigenvalue weighted by Gasteiger charge is -2.07. The van der Waals surface area contributed by atoms with Gasteiger partial charge in [0.25, 0.3) is 0 Å². The van der Waals surface area contributed by atoms with E-state index in [9.17, 15) is 0 Å². The van der Waals surface area contributed by atoms with Gasteiger partial charge in [-0.1, -0.05) is 24.3 Å². The van der Waals surface area contributed by atoms with Crippen molar-refractivity contribution in [3.05, 3.63) is 35.4 Å². The SMILES string of the molecule is C1=NCCc2ccccc21.[O-][Cl+3]([O-])([O-])O. The van der Waals surface area contributed by atoms with Crippen LogP contribution in [0.3, 0.4) is 0 Å². The number of halogens is 1. The molecule has 1 aromatic carbocycles. The number of benzene rings is 1. The molecule has 82 valence electrons. The first kappa shape index (κ1) is 12.1. The van der Waals surface area contributed by atoms with E-state index < -0.39 is 10.2 Å². The standard InChI is InChI=1S/C9H9N.ClHO4/c1-2-4-9-7-10-6-5-8(9)3-1;2-1(3,4)5/h1-4,7H,5-6H2;(H,2,3,4,5). The highest BCUT2D eigenvalue weighted by molar-refractivity contribution is 5.82. The molecule has 0 aromatic heterocycles. The fourth-order valence-electron chi connectivity index (χ4n) is 1.24. The summed E-state index contributed by atoms with van der Waals surface area (Å²) in [4.78, 5) is 4.19. The van der Waals surface area contributed by atoms with Crippen LogP contribution in [0.15, 0.2) is 29.3 Å². The van der Waals surface area contributed by atoms with Crippen molar-refractivity contribution in [1.29, 1.82) is 0 Å². The zero-order valence-corrected chi connectivity index (χ0v) is 8.55. The number of aliphatic imine (C=N–C) groups is 1. The Hall–Kier alpha value is -0.980. The Bertz CT molecular complexity index is 342. The van der Waals surface area contributed by atoms with Crippen molar-refractivity contribution in [2.24, 2.45) is 4.99 Å². The predicted molar refractivity (Wildman–Crippen MR) is 44.8 cm³/mol. The van der Waals surface area contributed by atoms with Gasteiger partial charge >= 0.3 is 0 Å². The summed E-state index contributed by atoms with van der Waals surface area (Å²) in [6.07, 6.45) is 3.06. The van der Waals surface area contributed by atoms with Crippen LogP contribution in [0.5, 0.6) is 0 Å². The van der Waals surface area contributed by atoms with Crippen LogP contribution in [-0.2, 0) is 6.42 Å². The van der Waals surface area contributed by atoms with E-state index in [-0.39, 0.29) is 0 Å². The molecule has 1 heterocycles. The summed E-state index contributed by atoms with van der Waals surface area (Å²) < 4.78 is 32.7. The third-order valence-electron chi connectivity index (χ3n) is 1.80. The molecule has 1 aliphatic rings. The summed E-state index contributed by atoms with van der Waals surface area (Å²) in [5.74, 6) is 0. The molecule has 0 saturated heterocycles. The minimum absolute atomic E-state index is 0.955. The molecule has 0 bridgehead atoms. The van der Waals surface area contributed by atoms with Crippen LogP contribution in [0.25, 0.3) is 0 Å². The Labute approximate surface area is 89.1 Å². The maximum atomic E-state index is 8.60. The summed E-state index contributed by atoms with van der Waals surface area (Å²) in [7, 11) is -4.69. The Balaban J connectivity index is 0.000000195. The number of nitrogens with zero attached hydrogens (tertiary/aromatic N) is 1. The van der Waals surface area contributed by atoms with Crippen molar-refractivity contribution in [3.8, 4) is 0 Å². The van der Waals surface area contributed by atoms with Gasteiger partial charge in [-0.25, -0.2) is 0 Å². The highest BCUT2D eigenvalue weighted by Crippen LogP contribution is 2.10. The molecule has 0 atom stereocenters. The van der Waals surface area contributed by atoms with E-state index in [1.54, 1.807) is 0 Å². The maximum Gasteiger partial charge on any atom is 0.0777 e. The van der Waals surface area contributed by atoms with Crippen molar-refractivity contribution >= 4 is 6.21 Å². The molecular weight excluding hydrogens is 222 g/mol. The monoisotopic (exact) mass is 231 g/mol. The lowest BCUT2D eigenvalue weighted by atomic mass is 10.0. The second kappa shape index (κ2) is 5.20. The van der Waals surface area contributed by atoms with Crippen molar-refractivity contribution < 1.29 is 28.9 Å². The second-order valence-electron chi connectivity index (χ2n) is 2.88. The molecule has 1 aliphatic heterocycles. The molecule has 0 aliphatic carbocycles. The minimum atomic E-state index is -4.69. The summed E-state index contributed by atoms with van der Waals surface area (Å²) >= 11 is 0. The molecule has 0 fully saturated rings. The van der Waals surface area contributed by atoms with Crippen molar-refractivity contribution in [3.63, 3.8) is 0 Å². The van der Waals surface area contributed by atoms with Crippen molar-refractivity contribution in [2.75, 3.05) is 6.54 Å². The van der Waals surface area contributed by atoms with E-state index in [4.69, 9.17) is 18.6 Å². The van der Waals surface area contributed by atoms with Gasteiger partial charge in [0.2, 0.25) is 0 Å². The summed E-state index contributed by atoms with van der Waals surface area (Å²) in [6, 6.07) is 8.41. The predicted octanol–water partition coefficient (Wildman–Crippen LogP) is -2.46. The van der Waals surface area contributed by atoms with E-state index >= 15 is 0 Å². The van der Waals surface area contributed by atoms with Gasteiger partial charge in [-0.2, -0.15) is 14.0 Å². The molecule has 0 radical (unpaired) electrons. The van der Waals surface area contributed by atoms with Crippen molar-refractivity contribution in [2.45, 2.75) is 6.42 Å². The van der Waals surface area contributed by atoms with E-state index in [1.165, 1.54) is 11.1 Å². The van der Waals surface area contributed by atoms with Gasteiger partial charge in [0.15, 0.2) is 0 Å². The fraction of sp³-hybridized carbons (Fsp3) is 0.222. The van der Waals surface area contributed by atoms with Crippen LogP contribution >= 0.6 is 0 Å². The van der Waals surface area contributed by atoms with Crippen LogP contribution in [0.2, 0.25) is 0 Å². The third-order valence-corrected chi connectivity index (χ3v) is 1.80. The quantitative estimate of drug-likeness (QED) is 0.535. The zero-order chi connectivity index (χ0) is 11.3. The van der Waals surface area contributed by atoms with Gasteiger partial charge in [-0.3, -0.25) is 4.99 Å². The Morgan fingerprint density at radius 3 is 2.40 bits per heavy atom. The molecule has 0 amide bonds. The lowest BCUT2D eigenvalue weighted by Crippen LogP contribution is -2.58. The van der Waals surface area contributed by atoms with E-state index in [0.29, 0.717) is 0 Å². The Morgan fingerprint density at radius 1 is 1.20 bits per heavy atom. The molecule has 0 unspecified atom stereocenters. The summed E-state index contributed by atoms with van der Waals surface area (Å²) in [5, 5.41) is 0. The smallest absolute Gasteiger partial charge is 0.0777 e.